The third-order valence-corrected chi connectivity index (χ3v) is 3.78. The number of rotatable bonds is 4. The molecule has 0 N–H and O–H groups in total. The van der Waals surface area contributed by atoms with Crippen molar-refractivity contribution in [2.24, 2.45) is 5.41 Å². The van der Waals surface area contributed by atoms with Crippen LogP contribution in [0.2, 0.25) is 0 Å². The minimum absolute atomic E-state index is 0.0321. The lowest BCUT2D eigenvalue weighted by molar-refractivity contribution is -0.163. The Kier molecular flexibility index (Phi) is 6.41. The Morgan fingerprint density at radius 2 is 1.70 bits per heavy atom. The van der Waals surface area contributed by atoms with E-state index in [1.807, 2.05) is 0 Å². The van der Waals surface area contributed by atoms with Gasteiger partial charge in [-0.3, -0.25) is 9.59 Å². The second kappa shape index (κ2) is 7.66. The fraction of sp³-hybridized carbons (Fsp3) is 0.812. The number of carbonyl (C=O) groups excluding carboxylic acids is 3. The fourth-order valence-electron chi connectivity index (χ4n) is 2.60. The molecule has 0 bridgehead atoms. The van der Waals surface area contributed by atoms with E-state index in [1.54, 1.807) is 32.6 Å². The van der Waals surface area contributed by atoms with Gasteiger partial charge in [0.2, 0.25) is 0 Å². The van der Waals surface area contributed by atoms with Gasteiger partial charge in [0.1, 0.15) is 5.60 Å². The van der Waals surface area contributed by atoms with Gasteiger partial charge in [0.05, 0.1) is 25.6 Å². The van der Waals surface area contributed by atoms with Crippen molar-refractivity contribution >= 4 is 18.0 Å². The number of methoxy groups -OCH3 is 1. The average Bonchev–Trinajstić information content (AvgIpc) is 2.45. The standard InChI is InChI=1S/C16H27NO6/c1-6-22-12(18)11-16(13(19)21-5)7-9-17(10-8-16)14(20)23-15(2,3)4/h6-11H2,1-5H3. The summed E-state index contributed by atoms with van der Waals surface area (Å²) in [7, 11) is 1.30. The van der Waals surface area contributed by atoms with Gasteiger partial charge in [0.15, 0.2) is 0 Å². The predicted molar refractivity (Wildman–Crippen MR) is 82.7 cm³/mol. The van der Waals surface area contributed by atoms with Crippen LogP contribution < -0.4 is 0 Å². The monoisotopic (exact) mass is 329 g/mol. The van der Waals surface area contributed by atoms with Crippen LogP contribution in [0.5, 0.6) is 0 Å². The van der Waals surface area contributed by atoms with Gasteiger partial charge in [-0.05, 0) is 40.5 Å². The summed E-state index contributed by atoms with van der Waals surface area (Å²) >= 11 is 0. The molecule has 0 radical (unpaired) electrons. The van der Waals surface area contributed by atoms with Crippen molar-refractivity contribution in [1.82, 2.24) is 4.90 Å². The number of hydrogen-bond acceptors (Lipinski definition) is 6. The highest BCUT2D eigenvalue weighted by atomic mass is 16.6. The summed E-state index contributed by atoms with van der Waals surface area (Å²) in [6.45, 7) is 8.05. The number of amides is 1. The first-order chi connectivity index (χ1) is 10.6. The zero-order valence-electron chi connectivity index (χ0n) is 14.6. The Hall–Kier alpha value is -1.79. The molecule has 1 amide bonds. The summed E-state index contributed by atoms with van der Waals surface area (Å²) in [5, 5.41) is 0. The highest BCUT2D eigenvalue weighted by Crippen LogP contribution is 2.37. The van der Waals surface area contributed by atoms with E-state index >= 15 is 0 Å². The van der Waals surface area contributed by atoms with Gasteiger partial charge in [-0.2, -0.15) is 0 Å². The molecule has 0 spiro atoms. The molecule has 0 aromatic heterocycles. The molecule has 1 saturated heterocycles. The summed E-state index contributed by atoms with van der Waals surface area (Å²) < 4.78 is 15.2. The van der Waals surface area contributed by atoms with E-state index in [0.29, 0.717) is 25.9 Å². The largest absolute Gasteiger partial charge is 0.469 e. The molecule has 0 aromatic carbocycles. The number of nitrogens with zero attached hydrogens (tertiary/aromatic N) is 1. The maximum Gasteiger partial charge on any atom is 0.410 e. The number of likely N-dealkylation sites (tertiary alicyclic amines) is 1. The number of hydrogen-bond donors (Lipinski definition) is 0. The van der Waals surface area contributed by atoms with Crippen LogP contribution in [0.25, 0.3) is 0 Å². The zero-order valence-corrected chi connectivity index (χ0v) is 14.6. The van der Waals surface area contributed by atoms with E-state index in [9.17, 15) is 14.4 Å². The summed E-state index contributed by atoms with van der Waals surface area (Å²) in [4.78, 5) is 37.6. The highest BCUT2D eigenvalue weighted by Gasteiger charge is 2.45. The first-order valence-electron chi connectivity index (χ1n) is 7.85. The molecule has 1 aliphatic rings. The zero-order chi connectivity index (χ0) is 17.7. The van der Waals surface area contributed by atoms with Gasteiger partial charge in [-0.25, -0.2) is 4.79 Å². The Morgan fingerprint density at radius 3 is 2.13 bits per heavy atom. The number of esters is 2. The van der Waals surface area contributed by atoms with Crippen molar-refractivity contribution in [3.8, 4) is 0 Å². The Labute approximate surface area is 137 Å². The van der Waals surface area contributed by atoms with E-state index in [0.717, 1.165) is 0 Å². The van der Waals surface area contributed by atoms with Crippen LogP contribution >= 0.6 is 0 Å². The van der Waals surface area contributed by atoms with Gasteiger partial charge < -0.3 is 19.1 Å². The summed E-state index contributed by atoms with van der Waals surface area (Å²) in [6, 6.07) is 0. The van der Waals surface area contributed by atoms with Gasteiger partial charge in [0, 0.05) is 13.1 Å². The Balaban J connectivity index is 2.74. The van der Waals surface area contributed by atoms with Crippen LogP contribution in [0.4, 0.5) is 4.79 Å². The molecular weight excluding hydrogens is 302 g/mol. The summed E-state index contributed by atoms with van der Waals surface area (Å²) in [5.74, 6) is -0.863. The fourth-order valence-corrected chi connectivity index (χ4v) is 2.60. The number of piperidine rings is 1. The molecule has 1 rings (SSSR count). The quantitative estimate of drug-likeness (QED) is 0.580. The minimum Gasteiger partial charge on any atom is -0.469 e. The smallest absolute Gasteiger partial charge is 0.410 e. The van der Waals surface area contributed by atoms with Crippen molar-refractivity contribution in [2.75, 3.05) is 26.8 Å². The lowest BCUT2D eigenvalue weighted by Gasteiger charge is -2.39. The average molecular weight is 329 g/mol. The van der Waals surface area contributed by atoms with Gasteiger partial charge >= 0.3 is 18.0 Å². The van der Waals surface area contributed by atoms with Crippen molar-refractivity contribution in [3.05, 3.63) is 0 Å². The highest BCUT2D eigenvalue weighted by molar-refractivity contribution is 5.84. The molecule has 0 aromatic rings. The first-order valence-corrected chi connectivity index (χ1v) is 7.85. The van der Waals surface area contributed by atoms with Crippen LogP contribution in [0.1, 0.15) is 47.0 Å². The maximum atomic E-state index is 12.2. The van der Waals surface area contributed by atoms with Crippen molar-refractivity contribution in [3.63, 3.8) is 0 Å². The SMILES string of the molecule is CCOC(=O)CC1(C(=O)OC)CCN(C(=O)OC(C)(C)C)CC1. The number of ether oxygens (including phenoxy) is 3. The van der Waals surface area contributed by atoms with Crippen LogP contribution in [-0.4, -0.2) is 55.3 Å². The molecule has 0 atom stereocenters. The summed E-state index contributed by atoms with van der Waals surface area (Å²) in [5.41, 5.74) is -1.50. The molecule has 0 unspecified atom stereocenters. The van der Waals surface area contributed by atoms with Gasteiger partial charge in [-0.1, -0.05) is 0 Å². The molecule has 132 valence electrons. The second-order valence-electron chi connectivity index (χ2n) is 6.72. The van der Waals surface area contributed by atoms with E-state index in [2.05, 4.69) is 0 Å². The first kappa shape index (κ1) is 19.3. The second-order valence-corrected chi connectivity index (χ2v) is 6.72. The van der Waals surface area contributed by atoms with Crippen molar-refractivity contribution in [1.29, 1.82) is 0 Å². The third-order valence-electron chi connectivity index (χ3n) is 3.78. The molecule has 7 heteroatoms. The number of carbonyl (C=O) groups is 3. The van der Waals surface area contributed by atoms with Crippen LogP contribution in [0.3, 0.4) is 0 Å². The van der Waals surface area contributed by atoms with Crippen molar-refractivity contribution in [2.45, 2.75) is 52.6 Å². The third kappa shape index (κ3) is 5.41. The van der Waals surface area contributed by atoms with Crippen LogP contribution in [0, 0.1) is 5.41 Å². The van der Waals surface area contributed by atoms with Crippen molar-refractivity contribution < 1.29 is 28.6 Å². The van der Waals surface area contributed by atoms with E-state index < -0.39 is 29.0 Å². The molecule has 7 nitrogen and oxygen atoms in total. The Bertz CT molecular complexity index is 446. The molecule has 23 heavy (non-hydrogen) atoms. The lowest BCUT2D eigenvalue weighted by atomic mass is 9.75. The normalized spacial score (nSPS) is 17.3. The molecular formula is C16H27NO6. The molecule has 1 aliphatic heterocycles. The van der Waals surface area contributed by atoms with E-state index in [4.69, 9.17) is 14.2 Å². The van der Waals surface area contributed by atoms with E-state index in [1.165, 1.54) is 7.11 Å². The molecule has 0 aliphatic carbocycles. The minimum atomic E-state index is -0.931. The molecule has 1 fully saturated rings. The van der Waals surface area contributed by atoms with E-state index in [-0.39, 0.29) is 13.0 Å². The van der Waals surface area contributed by atoms with Crippen LogP contribution in [0.15, 0.2) is 0 Å². The Morgan fingerprint density at radius 1 is 1.13 bits per heavy atom. The molecule has 1 heterocycles. The van der Waals surface area contributed by atoms with Gasteiger partial charge in [-0.15, -0.1) is 0 Å². The predicted octanol–water partition coefficient (Wildman–Crippen LogP) is 2.13. The lowest BCUT2D eigenvalue weighted by Crippen LogP contribution is -2.49. The van der Waals surface area contributed by atoms with Gasteiger partial charge in [0.25, 0.3) is 0 Å². The summed E-state index contributed by atoms with van der Waals surface area (Å²) in [6.07, 6.45) is 0.248. The van der Waals surface area contributed by atoms with Crippen LogP contribution in [-0.2, 0) is 23.8 Å². The topological polar surface area (TPSA) is 82.1 Å². The maximum absolute atomic E-state index is 12.2. The molecule has 0 saturated carbocycles.